The Morgan fingerprint density at radius 2 is 2.00 bits per heavy atom. The SMILES string of the molecule is CN(Cc1nccn1C)c1cc(C(F)(F)F)ccn1. The van der Waals surface area contributed by atoms with Crippen LogP contribution in [-0.4, -0.2) is 21.6 Å². The van der Waals surface area contributed by atoms with E-state index in [1.54, 1.807) is 24.3 Å². The zero-order valence-corrected chi connectivity index (χ0v) is 10.5. The van der Waals surface area contributed by atoms with Gasteiger partial charge in [-0.25, -0.2) is 9.97 Å². The Balaban J connectivity index is 2.20. The summed E-state index contributed by atoms with van der Waals surface area (Å²) in [4.78, 5) is 9.70. The Morgan fingerprint density at radius 1 is 1.26 bits per heavy atom. The van der Waals surface area contributed by atoms with Crippen molar-refractivity contribution in [1.29, 1.82) is 0 Å². The number of alkyl halides is 3. The smallest absolute Gasteiger partial charge is 0.352 e. The first-order valence-electron chi connectivity index (χ1n) is 5.58. The fraction of sp³-hybridized carbons (Fsp3) is 0.333. The molecule has 19 heavy (non-hydrogen) atoms. The van der Waals surface area contributed by atoms with Gasteiger partial charge in [-0.1, -0.05) is 0 Å². The van der Waals surface area contributed by atoms with Crippen molar-refractivity contribution >= 4 is 5.82 Å². The summed E-state index contributed by atoms with van der Waals surface area (Å²) in [5.74, 6) is 1.01. The van der Waals surface area contributed by atoms with Gasteiger partial charge in [-0.2, -0.15) is 13.2 Å². The molecule has 0 unspecified atom stereocenters. The van der Waals surface area contributed by atoms with Gasteiger partial charge in [-0.15, -0.1) is 0 Å². The molecule has 7 heteroatoms. The number of rotatable bonds is 3. The van der Waals surface area contributed by atoms with E-state index in [1.807, 2.05) is 11.6 Å². The van der Waals surface area contributed by atoms with Crippen molar-refractivity contribution in [2.75, 3.05) is 11.9 Å². The summed E-state index contributed by atoms with van der Waals surface area (Å²) in [6, 6.07) is 1.99. The van der Waals surface area contributed by atoms with Crippen molar-refractivity contribution in [3.8, 4) is 0 Å². The van der Waals surface area contributed by atoms with Crippen LogP contribution in [0.15, 0.2) is 30.7 Å². The number of aryl methyl sites for hydroxylation is 1. The third-order valence-corrected chi connectivity index (χ3v) is 2.76. The highest BCUT2D eigenvalue weighted by Crippen LogP contribution is 2.30. The predicted molar refractivity (Wildman–Crippen MR) is 64.6 cm³/mol. The molecule has 0 atom stereocenters. The number of imidazole rings is 1. The van der Waals surface area contributed by atoms with Gasteiger partial charge in [0.2, 0.25) is 0 Å². The average molecular weight is 270 g/mol. The van der Waals surface area contributed by atoms with Gasteiger partial charge in [-0.3, -0.25) is 0 Å². The molecule has 2 aromatic heterocycles. The molecule has 0 bridgehead atoms. The largest absolute Gasteiger partial charge is 0.416 e. The van der Waals surface area contributed by atoms with Gasteiger partial charge in [0.1, 0.15) is 11.6 Å². The molecule has 102 valence electrons. The van der Waals surface area contributed by atoms with Gasteiger partial charge in [0.25, 0.3) is 0 Å². The van der Waals surface area contributed by atoms with Crippen LogP contribution in [0.5, 0.6) is 0 Å². The van der Waals surface area contributed by atoms with E-state index in [9.17, 15) is 13.2 Å². The number of pyridine rings is 1. The van der Waals surface area contributed by atoms with E-state index >= 15 is 0 Å². The average Bonchev–Trinajstić information content (AvgIpc) is 2.74. The molecular weight excluding hydrogens is 257 g/mol. The summed E-state index contributed by atoms with van der Waals surface area (Å²) in [6.45, 7) is 0.387. The molecule has 0 aliphatic rings. The van der Waals surface area contributed by atoms with Crippen LogP contribution in [0, 0.1) is 0 Å². The van der Waals surface area contributed by atoms with Crippen LogP contribution in [0.3, 0.4) is 0 Å². The summed E-state index contributed by atoms with van der Waals surface area (Å²) < 4.78 is 39.6. The Hall–Kier alpha value is -2.05. The maximum absolute atomic E-state index is 12.6. The fourth-order valence-electron chi connectivity index (χ4n) is 1.65. The minimum atomic E-state index is -4.36. The summed E-state index contributed by atoms with van der Waals surface area (Å²) in [5.41, 5.74) is -0.704. The Kier molecular flexibility index (Phi) is 3.46. The van der Waals surface area contributed by atoms with E-state index in [4.69, 9.17) is 0 Å². The molecule has 0 spiro atoms. The number of anilines is 1. The van der Waals surface area contributed by atoms with Gasteiger partial charge in [0, 0.05) is 32.7 Å². The maximum Gasteiger partial charge on any atom is 0.416 e. The lowest BCUT2D eigenvalue weighted by molar-refractivity contribution is -0.137. The lowest BCUT2D eigenvalue weighted by Crippen LogP contribution is -2.20. The molecule has 2 aromatic rings. The molecule has 4 nitrogen and oxygen atoms in total. The van der Waals surface area contributed by atoms with E-state index in [1.165, 1.54) is 0 Å². The zero-order valence-electron chi connectivity index (χ0n) is 10.5. The van der Waals surface area contributed by atoms with E-state index in [0.29, 0.717) is 6.54 Å². The second kappa shape index (κ2) is 4.91. The summed E-state index contributed by atoms with van der Waals surface area (Å²) in [7, 11) is 3.51. The number of nitrogens with zero attached hydrogens (tertiary/aromatic N) is 4. The van der Waals surface area contributed by atoms with Crippen LogP contribution >= 0.6 is 0 Å². The lowest BCUT2D eigenvalue weighted by Gasteiger charge is -2.18. The van der Waals surface area contributed by atoms with Crippen LogP contribution in [0.1, 0.15) is 11.4 Å². The van der Waals surface area contributed by atoms with Crippen LogP contribution in [0.2, 0.25) is 0 Å². The highest BCUT2D eigenvalue weighted by Gasteiger charge is 2.31. The molecule has 0 amide bonds. The first-order chi connectivity index (χ1) is 8.88. The molecule has 0 fully saturated rings. The third kappa shape index (κ3) is 3.04. The summed E-state index contributed by atoms with van der Waals surface area (Å²) in [6.07, 6.45) is 0.223. The van der Waals surface area contributed by atoms with E-state index in [-0.39, 0.29) is 5.82 Å². The molecule has 0 N–H and O–H groups in total. The first kappa shape index (κ1) is 13.4. The molecule has 2 heterocycles. The van der Waals surface area contributed by atoms with Crippen molar-refractivity contribution in [2.24, 2.45) is 7.05 Å². The third-order valence-electron chi connectivity index (χ3n) is 2.76. The monoisotopic (exact) mass is 270 g/mol. The summed E-state index contributed by atoms with van der Waals surface area (Å²) in [5, 5.41) is 0. The number of halogens is 3. The highest BCUT2D eigenvalue weighted by molar-refractivity contribution is 5.41. The van der Waals surface area contributed by atoms with Crippen LogP contribution < -0.4 is 4.90 Å². The minimum Gasteiger partial charge on any atom is -0.352 e. The molecular formula is C12H13F3N4. The quantitative estimate of drug-likeness (QED) is 0.859. The van der Waals surface area contributed by atoms with Gasteiger partial charge in [-0.05, 0) is 12.1 Å². The topological polar surface area (TPSA) is 34.0 Å². The van der Waals surface area contributed by atoms with Crippen LogP contribution in [-0.2, 0) is 19.8 Å². The molecule has 2 rings (SSSR count). The van der Waals surface area contributed by atoms with E-state index in [0.717, 1.165) is 24.2 Å². The maximum atomic E-state index is 12.6. The molecule has 0 aromatic carbocycles. The van der Waals surface area contributed by atoms with Gasteiger partial charge in [0.15, 0.2) is 0 Å². The number of hydrogen-bond donors (Lipinski definition) is 0. The Labute approximate surface area is 108 Å². The standard InChI is InChI=1S/C12H13F3N4/c1-18-6-5-17-11(18)8-19(2)10-7-9(3-4-16-10)12(13,14)15/h3-7H,8H2,1-2H3. The number of hydrogen-bond acceptors (Lipinski definition) is 3. The Bertz CT molecular complexity index is 562. The van der Waals surface area contributed by atoms with Crippen molar-refractivity contribution in [3.05, 3.63) is 42.1 Å². The first-order valence-corrected chi connectivity index (χ1v) is 5.58. The van der Waals surface area contributed by atoms with Gasteiger partial charge in [0.05, 0.1) is 12.1 Å². The second-order valence-corrected chi connectivity index (χ2v) is 4.21. The molecule has 0 aliphatic heterocycles. The summed E-state index contributed by atoms with van der Waals surface area (Å²) >= 11 is 0. The molecule has 0 saturated carbocycles. The second-order valence-electron chi connectivity index (χ2n) is 4.21. The van der Waals surface area contributed by atoms with E-state index in [2.05, 4.69) is 9.97 Å². The lowest BCUT2D eigenvalue weighted by atomic mass is 10.2. The minimum absolute atomic E-state index is 0.262. The van der Waals surface area contributed by atoms with Gasteiger partial charge >= 0.3 is 6.18 Å². The van der Waals surface area contributed by atoms with Crippen molar-refractivity contribution in [2.45, 2.75) is 12.7 Å². The van der Waals surface area contributed by atoms with Crippen molar-refractivity contribution < 1.29 is 13.2 Å². The van der Waals surface area contributed by atoms with Crippen LogP contribution in [0.4, 0.5) is 19.0 Å². The zero-order chi connectivity index (χ0) is 14.0. The van der Waals surface area contributed by atoms with E-state index < -0.39 is 11.7 Å². The fourth-order valence-corrected chi connectivity index (χ4v) is 1.65. The van der Waals surface area contributed by atoms with Crippen molar-refractivity contribution in [1.82, 2.24) is 14.5 Å². The van der Waals surface area contributed by atoms with Crippen LogP contribution in [0.25, 0.3) is 0 Å². The predicted octanol–water partition coefficient (Wildman–Crippen LogP) is 2.47. The van der Waals surface area contributed by atoms with Gasteiger partial charge < -0.3 is 9.47 Å². The molecule has 0 radical (unpaired) electrons. The Morgan fingerprint density at radius 3 is 2.58 bits per heavy atom. The highest BCUT2D eigenvalue weighted by atomic mass is 19.4. The molecule has 0 saturated heterocycles. The molecule has 0 aliphatic carbocycles. The number of aromatic nitrogens is 3. The normalized spacial score (nSPS) is 11.6. The van der Waals surface area contributed by atoms with Crippen molar-refractivity contribution in [3.63, 3.8) is 0 Å².